The molecule has 2 aromatic carbocycles. The molecule has 1 N–H and O–H groups in total. The second kappa shape index (κ2) is 6.75. The Kier molecular flexibility index (Phi) is 4.34. The third kappa shape index (κ3) is 3.38. The van der Waals surface area contributed by atoms with Crippen molar-refractivity contribution in [3.63, 3.8) is 0 Å². The van der Waals surface area contributed by atoms with Crippen molar-refractivity contribution in [1.82, 2.24) is 5.43 Å². The summed E-state index contributed by atoms with van der Waals surface area (Å²) in [5, 5.41) is 13.2. The van der Waals surface area contributed by atoms with Gasteiger partial charge in [0.1, 0.15) is 11.8 Å². The predicted molar refractivity (Wildman–Crippen MR) is 86.1 cm³/mol. The van der Waals surface area contributed by atoms with Gasteiger partial charge in [-0.1, -0.05) is 36.4 Å². The number of aryl methyl sites for hydroxylation is 1. The largest absolute Gasteiger partial charge is 0.482 e. The summed E-state index contributed by atoms with van der Waals surface area (Å²) in [6, 6.07) is 16.9. The molecule has 114 valence electrons. The number of hydrogen-bond donors (Lipinski definition) is 1. The third-order valence-corrected chi connectivity index (χ3v) is 3.64. The lowest BCUT2D eigenvalue weighted by molar-refractivity contribution is -0.123. The minimum Gasteiger partial charge on any atom is -0.482 e. The van der Waals surface area contributed by atoms with Crippen molar-refractivity contribution in [2.45, 2.75) is 12.8 Å². The number of nitrogens with zero attached hydrogens (tertiary/aromatic N) is 2. The molecular formula is C18H15N3O2. The van der Waals surface area contributed by atoms with Crippen molar-refractivity contribution in [1.29, 1.82) is 5.26 Å². The number of nitriles is 1. The van der Waals surface area contributed by atoms with Crippen LogP contribution in [0.3, 0.4) is 0 Å². The van der Waals surface area contributed by atoms with Crippen molar-refractivity contribution in [2.24, 2.45) is 5.10 Å². The number of carbonyl (C=O) groups excluding carboxylic acids is 1. The minimum atomic E-state index is -0.352. The summed E-state index contributed by atoms with van der Waals surface area (Å²) in [5.74, 6) is 0.0404. The maximum absolute atomic E-state index is 11.9. The van der Waals surface area contributed by atoms with Gasteiger partial charge < -0.3 is 4.74 Å². The molecule has 3 rings (SSSR count). The molecule has 2 aromatic rings. The van der Waals surface area contributed by atoms with E-state index in [1.807, 2.05) is 24.3 Å². The number of ether oxygens (including phenoxy) is 1. The smallest absolute Gasteiger partial charge is 0.277 e. The first-order valence-electron chi connectivity index (χ1n) is 7.33. The third-order valence-electron chi connectivity index (χ3n) is 3.64. The number of fused-ring (bicyclic) bond motifs is 1. The standard InChI is InChI=1S/C18H15N3O2/c19-11-14-6-2-4-8-17(14)23-12-18(22)21-20-16-10-9-13-5-1-3-7-15(13)16/h1-8H,9-10,12H2,(H,21,22)/b20-16-. The lowest BCUT2D eigenvalue weighted by atomic mass is 10.1. The number of amides is 1. The average molecular weight is 305 g/mol. The molecule has 0 fully saturated rings. The molecule has 5 heteroatoms. The van der Waals surface area contributed by atoms with Gasteiger partial charge in [-0.25, -0.2) is 5.43 Å². The van der Waals surface area contributed by atoms with Gasteiger partial charge in [0.05, 0.1) is 11.3 Å². The molecule has 1 aliphatic carbocycles. The fourth-order valence-electron chi connectivity index (χ4n) is 2.51. The Morgan fingerprint density at radius 2 is 1.96 bits per heavy atom. The number of hydrazone groups is 1. The normalized spacial score (nSPS) is 14.1. The SMILES string of the molecule is N#Cc1ccccc1OCC(=O)N/N=C1/CCc2ccccc21. The van der Waals surface area contributed by atoms with Crippen molar-refractivity contribution < 1.29 is 9.53 Å². The average Bonchev–Trinajstić information content (AvgIpc) is 3.01. The molecule has 0 aromatic heterocycles. The molecule has 5 nitrogen and oxygen atoms in total. The van der Waals surface area contributed by atoms with Gasteiger partial charge in [-0.05, 0) is 30.5 Å². The Morgan fingerprint density at radius 1 is 1.17 bits per heavy atom. The van der Waals surface area contributed by atoms with E-state index in [1.165, 1.54) is 5.56 Å². The zero-order valence-corrected chi connectivity index (χ0v) is 12.5. The van der Waals surface area contributed by atoms with Crippen LogP contribution >= 0.6 is 0 Å². The first kappa shape index (κ1) is 14.8. The Morgan fingerprint density at radius 3 is 2.83 bits per heavy atom. The van der Waals surface area contributed by atoms with Gasteiger partial charge in [0.15, 0.2) is 6.61 Å². The number of nitrogens with one attached hydrogen (secondary N) is 1. The molecule has 23 heavy (non-hydrogen) atoms. The maximum Gasteiger partial charge on any atom is 0.277 e. The zero-order valence-electron chi connectivity index (χ0n) is 12.5. The number of rotatable bonds is 4. The van der Waals surface area contributed by atoms with Crippen molar-refractivity contribution in [2.75, 3.05) is 6.61 Å². The van der Waals surface area contributed by atoms with Crippen LogP contribution in [0.2, 0.25) is 0 Å². The highest BCUT2D eigenvalue weighted by atomic mass is 16.5. The first-order chi connectivity index (χ1) is 11.3. The Bertz CT molecular complexity index is 806. The highest BCUT2D eigenvalue weighted by Crippen LogP contribution is 2.21. The van der Waals surface area contributed by atoms with Crippen molar-refractivity contribution >= 4 is 11.6 Å². The van der Waals surface area contributed by atoms with E-state index in [9.17, 15) is 4.79 Å². The van der Waals surface area contributed by atoms with Crippen LogP contribution in [0.5, 0.6) is 5.75 Å². The lowest BCUT2D eigenvalue weighted by Gasteiger charge is -2.07. The topological polar surface area (TPSA) is 74.5 Å². The number of para-hydroxylation sites is 1. The van der Waals surface area contributed by atoms with E-state index in [2.05, 4.69) is 16.6 Å². The van der Waals surface area contributed by atoms with Crippen LogP contribution in [0.4, 0.5) is 0 Å². The molecule has 0 heterocycles. The highest BCUT2D eigenvalue weighted by Gasteiger charge is 2.17. The van der Waals surface area contributed by atoms with E-state index in [0.29, 0.717) is 11.3 Å². The van der Waals surface area contributed by atoms with Crippen LogP contribution in [-0.2, 0) is 11.2 Å². The second-order valence-electron chi connectivity index (χ2n) is 5.15. The Balaban J connectivity index is 1.59. The van der Waals surface area contributed by atoms with E-state index in [-0.39, 0.29) is 12.5 Å². The predicted octanol–water partition coefficient (Wildman–Crippen LogP) is 2.40. The van der Waals surface area contributed by atoms with E-state index in [0.717, 1.165) is 24.1 Å². The summed E-state index contributed by atoms with van der Waals surface area (Å²) in [4.78, 5) is 11.9. The molecule has 0 bridgehead atoms. The lowest BCUT2D eigenvalue weighted by Crippen LogP contribution is -2.25. The van der Waals surface area contributed by atoms with E-state index in [1.54, 1.807) is 24.3 Å². The minimum absolute atomic E-state index is 0.183. The van der Waals surface area contributed by atoms with Crippen LogP contribution in [0.25, 0.3) is 0 Å². The number of benzene rings is 2. The molecular weight excluding hydrogens is 290 g/mol. The first-order valence-corrected chi connectivity index (χ1v) is 7.33. The van der Waals surface area contributed by atoms with Gasteiger partial charge in [-0.15, -0.1) is 0 Å². The summed E-state index contributed by atoms with van der Waals surface area (Å²) in [7, 11) is 0. The number of carbonyl (C=O) groups is 1. The van der Waals surface area contributed by atoms with Crippen LogP contribution in [0, 0.1) is 11.3 Å². The van der Waals surface area contributed by atoms with Gasteiger partial charge in [0.2, 0.25) is 0 Å². The van der Waals surface area contributed by atoms with Crippen LogP contribution in [0.1, 0.15) is 23.1 Å². The molecule has 0 radical (unpaired) electrons. The van der Waals surface area contributed by atoms with E-state index in [4.69, 9.17) is 10.00 Å². The van der Waals surface area contributed by atoms with E-state index < -0.39 is 0 Å². The Labute approximate surface area is 134 Å². The summed E-state index contributed by atoms with van der Waals surface area (Å²) in [6.07, 6.45) is 1.76. The van der Waals surface area contributed by atoms with E-state index >= 15 is 0 Å². The fourth-order valence-corrected chi connectivity index (χ4v) is 2.51. The Hall–Kier alpha value is -3.13. The molecule has 0 atom stereocenters. The molecule has 0 aliphatic heterocycles. The van der Waals surface area contributed by atoms with Gasteiger partial charge in [-0.3, -0.25) is 4.79 Å². The summed E-state index contributed by atoms with van der Waals surface area (Å²) in [6.45, 7) is -0.183. The zero-order chi connectivity index (χ0) is 16.1. The van der Waals surface area contributed by atoms with Gasteiger partial charge in [-0.2, -0.15) is 10.4 Å². The van der Waals surface area contributed by atoms with Crippen molar-refractivity contribution in [3.05, 3.63) is 65.2 Å². The molecule has 0 saturated carbocycles. The molecule has 0 saturated heterocycles. The maximum atomic E-state index is 11.9. The van der Waals surface area contributed by atoms with Gasteiger partial charge in [0, 0.05) is 5.56 Å². The monoisotopic (exact) mass is 305 g/mol. The summed E-state index contributed by atoms with van der Waals surface area (Å²) < 4.78 is 5.37. The van der Waals surface area contributed by atoms with Gasteiger partial charge in [0.25, 0.3) is 5.91 Å². The highest BCUT2D eigenvalue weighted by molar-refractivity contribution is 6.04. The second-order valence-corrected chi connectivity index (χ2v) is 5.15. The van der Waals surface area contributed by atoms with Crippen molar-refractivity contribution in [3.8, 4) is 11.8 Å². The molecule has 1 amide bonds. The van der Waals surface area contributed by atoms with Gasteiger partial charge >= 0.3 is 0 Å². The van der Waals surface area contributed by atoms with Crippen LogP contribution < -0.4 is 10.2 Å². The molecule has 1 aliphatic rings. The number of hydrogen-bond acceptors (Lipinski definition) is 4. The quantitative estimate of drug-likeness (QED) is 0.881. The molecule has 0 unspecified atom stereocenters. The summed E-state index contributed by atoms with van der Waals surface area (Å²) in [5.41, 5.74) is 6.13. The summed E-state index contributed by atoms with van der Waals surface area (Å²) >= 11 is 0. The molecule has 0 spiro atoms. The van der Waals surface area contributed by atoms with Crippen LogP contribution in [-0.4, -0.2) is 18.2 Å². The van der Waals surface area contributed by atoms with Crippen LogP contribution in [0.15, 0.2) is 53.6 Å². The fraction of sp³-hybridized carbons (Fsp3) is 0.167.